The lowest BCUT2D eigenvalue weighted by atomic mass is 9.74. The first-order valence-corrected chi connectivity index (χ1v) is 9.91. The normalized spacial score (nSPS) is 22.5. The molecule has 2 heterocycles. The summed E-state index contributed by atoms with van der Waals surface area (Å²) in [6, 6.07) is 8.69. The van der Waals surface area contributed by atoms with E-state index in [4.69, 9.17) is 9.47 Å². The first kappa shape index (κ1) is 21.9. The van der Waals surface area contributed by atoms with E-state index >= 15 is 0 Å². The van der Waals surface area contributed by atoms with E-state index in [1.165, 1.54) is 5.56 Å². The average Bonchev–Trinajstić information content (AvgIpc) is 3.17. The van der Waals surface area contributed by atoms with E-state index in [1.807, 2.05) is 7.05 Å². The molecule has 2 saturated heterocycles. The minimum absolute atomic E-state index is 0. The molecule has 0 saturated carbocycles. The Bertz CT molecular complexity index is 571. The molecule has 0 spiro atoms. The number of nitrogens with one attached hydrogen (secondary N) is 2. The summed E-state index contributed by atoms with van der Waals surface area (Å²) in [5.41, 5.74) is 1.45. The molecule has 1 aromatic rings. The molecule has 2 aliphatic heterocycles. The average molecular weight is 538 g/mol. The van der Waals surface area contributed by atoms with Crippen LogP contribution in [0.5, 0.6) is 0 Å². The van der Waals surface area contributed by atoms with Crippen molar-refractivity contribution in [2.45, 2.75) is 37.2 Å². The fourth-order valence-electron chi connectivity index (χ4n) is 3.62. The molecule has 0 bridgehead atoms. The van der Waals surface area contributed by atoms with Crippen LogP contribution in [0.1, 0.15) is 31.2 Å². The molecule has 0 radical (unpaired) electrons. The highest BCUT2D eigenvalue weighted by Gasteiger charge is 2.34. The molecular formula is C19H29BrIN3O2. The van der Waals surface area contributed by atoms with Gasteiger partial charge in [-0.05, 0) is 43.4 Å². The van der Waals surface area contributed by atoms with Gasteiger partial charge in [0.05, 0.1) is 6.10 Å². The molecule has 1 atom stereocenters. The second kappa shape index (κ2) is 10.8. The van der Waals surface area contributed by atoms with E-state index in [1.54, 1.807) is 0 Å². The molecule has 3 rings (SSSR count). The Morgan fingerprint density at radius 1 is 1.19 bits per heavy atom. The first-order valence-electron chi connectivity index (χ1n) is 9.12. The molecule has 0 aromatic heterocycles. The molecule has 0 amide bonds. The number of hydrogen-bond acceptors (Lipinski definition) is 3. The third-order valence-electron chi connectivity index (χ3n) is 5.25. The van der Waals surface area contributed by atoms with Crippen LogP contribution in [-0.4, -0.2) is 52.0 Å². The van der Waals surface area contributed by atoms with E-state index in [0.717, 1.165) is 69.0 Å². The summed E-state index contributed by atoms with van der Waals surface area (Å²) in [6.07, 6.45) is 4.63. The number of rotatable bonds is 5. The maximum absolute atomic E-state index is 5.68. The zero-order valence-electron chi connectivity index (χ0n) is 15.3. The summed E-state index contributed by atoms with van der Waals surface area (Å²) in [5.74, 6) is 0.846. The van der Waals surface area contributed by atoms with Gasteiger partial charge in [-0.3, -0.25) is 4.99 Å². The minimum Gasteiger partial charge on any atom is -0.381 e. The predicted octanol–water partition coefficient (Wildman–Crippen LogP) is 3.46. The molecule has 1 aromatic carbocycles. The summed E-state index contributed by atoms with van der Waals surface area (Å²) in [6.45, 7) is 4.15. The Hall–Kier alpha value is -0.380. The van der Waals surface area contributed by atoms with Crippen LogP contribution in [0, 0.1) is 0 Å². The molecule has 5 nitrogen and oxygen atoms in total. The molecule has 7 heteroatoms. The Morgan fingerprint density at radius 2 is 1.92 bits per heavy atom. The van der Waals surface area contributed by atoms with Crippen molar-refractivity contribution in [3.63, 3.8) is 0 Å². The van der Waals surface area contributed by atoms with Crippen LogP contribution in [0.3, 0.4) is 0 Å². The summed E-state index contributed by atoms with van der Waals surface area (Å²) in [7, 11) is 1.82. The van der Waals surface area contributed by atoms with E-state index in [9.17, 15) is 0 Å². The van der Waals surface area contributed by atoms with Gasteiger partial charge in [0.2, 0.25) is 0 Å². The van der Waals surface area contributed by atoms with Crippen molar-refractivity contribution in [2.24, 2.45) is 4.99 Å². The zero-order valence-corrected chi connectivity index (χ0v) is 19.2. The van der Waals surface area contributed by atoms with Gasteiger partial charge in [0.15, 0.2) is 5.96 Å². The van der Waals surface area contributed by atoms with Gasteiger partial charge in [0.25, 0.3) is 0 Å². The van der Waals surface area contributed by atoms with Crippen molar-refractivity contribution in [1.82, 2.24) is 10.6 Å². The highest BCUT2D eigenvalue weighted by atomic mass is 127. The van der Waals surface area contributed by atoms with Crippen LogP contribution in [-0.2, 0) is 14.9 Å². The number of benzene rings is 1. The van der Waals surface area contributed by atoms with Crippen LogP contribution in [0.25, 0.3) is 0 Å². The van der Waals surface area contributed by atoms with Gasteiger partial charge in [0.1, 0.15) is 0 Å². The molecule has 146 valence electrons. The van der Waals surface area contributed by atoms with Crippen molar-refractivity contribution in [3.8, 4) is 0 Å². The van der Waals surface area contributed by atoms with Gasteiger partial charge < -0.3 is 20.1 Å². The van der Waals surface area contributed by atoms with Gasteiger partial charge in [-0.2, -0.15) is 0 Å². The molecule has 2 fully saturated rings. The maximum atomic E-state index is 5.68. The van der Waals surface area contributed by atoms with E-state index < -0.39 is 0 Å². The molecule has 0 aliphatic carbocycles. The molecule has 2 N–H and O–H groups in total. The highest BCUT2D eigenvalue weighted by Crippen LogP contribution is 2.34. The first-order chi connectivity index (χ1) is 12.2. The predicted molar refractivity (Wildman–Crippen MR) is 120 cm³/mol. The second-order valence-electron chi connectivity index (χ2n) is 6.84. The highest BCUT2D eigenvalue weighted by molar-refractivity contribution is 14.0. The largest absolute Gasteiger partial charge is 0.381 e. The van der Waals surface area contributed by atoms with Crippen LogP contribution >= 0.6 is 39.9 Å². The van der Waals surface area contributed by atoms with Gasteiger partial charge in [-0.1, -0.05) is 28.1 Å². The Balaban J connectivity index is 0.00000243. The number of nitrogens with zero attached hydrogens (tertiary/aromatic N) is 1. The van der Waals surface area contributed by atoms with Gasteiger partial charge in [0, 0.05) is 49.8 Å². The lowest BCUT2D eigenvalue weighted by Gasteiger charge is -2.38. The summed E-state index contributed by atoms with van der Waals surface area (Å²) < 4.78 is 12.4. The molecule has 2 aliphatic rings. The van der Waals surface area contributed by atoms with E-state index in [2.05, 4.69) is 55.8 Å². The molecule has 1 unspecified atom stereocenters. The SMILES string of the molecule is CN=C(NCC1CCCO1)NCC1(c2ccc(Br)cc2)CCOCC1.I. The van der Waals surface area contributed by atoms with Crippen LogP contribution < -0.4 is 10.6 Å². The Kier molecular flexibility index (Phi) is 9.12. The molecular weight excluding hydrogens is 509 g/mol. The second-order valence-corrected chi connectivity index (χ2v) is 7.76. The zero-order chi connectivity index (χ0) is 17.5. The topological polar surface area (TPSA) is 54.9 Å². The Labute approximate surface area is 181 Å². The third-order valence-corrected chi connectivity index (χ3v) is 5.77. The third kappa shape index (κ3) is 5.81. The smallest absolute Gasteiger partial charge is 0.191 e. The van der Waals surface area contributed by atoms with Gasteiger partial charge >= 0.3 is 0 Å². The van der Waals surface area contributed by atoms with Crippen molar-refractivity contribution in [1.29, 1.82) is 0 Å². The number of halogens is 2. The summed E-state index contributed by atoms with van der Waals surface area (Å²) in [5, 5.41) is 6.94. The van der Waals surface area contributed by atoms with E-state index in [0.29, 0.717) is 6.10 Å². The lowest BCUT2D eigenvalue weighted by molar-refractivity contribution is 0.0513. The van der Waals surface area contributed by atoms with Gasteiger partial charge in [-0.25, -0.2) is 0 Å². The summed E-state index contributed by atoms with van der Waals surface area (Å²) in [4.78, 5) is 4.37. The van der Waals surface area contributed by atoms with Crippen LogP contribution in [0.15, 0.2) is 33.7 Å². The number of ether oxygens (including phenoxy) is 2. The Morgan fingerprint density at radius 3 is 2.54 bits per heavy atom. The lowest BCUT2D eigenvalue weighted by Crippen LogP contribution is -2.49. The fraction of sp³-hybridized carbons (Fsp3) is 0.632. The standard InChI is InChI=1S/C19H28BrN3O2.HI/c1-21-18(22-13-17-3-2-10-25-17)23-14-19(8-11-24-12-9-19)15-4-6-16(20)7-5-15;/h4-7,17H,2-3,8-14H2,1H3,(H2,21,22,23);1H. The van der Waals surface area contributed by atoms with Crippen molar-refractivity contribution >= 4 is 45.9 Å². The van der Waals surface area contributed by atoms with Crippen LogP contribution in [0.4, 0.5) is 0 Å². The number of hydrogen-bond donors (Lipinski definition) is 2. The van der Waals surface area contributed by atoms with Crippen molar-refractivity contribution in [2.75, 3.05) is 40.0 Å². The fourth-order valence-corrected chi connectivity index (χ4v) is 3.89. The quantitative estimate of drug-likeness (QED) is 0.343. The van der Waals surface area contributed by atoms with Crippen molar-refractivity contribution < 1.29 is 9.47 Å². The monoisotopic (exact) mass is 537 g/mol. The number of guanidine groups is 1. The van der Waals surface area contributed by atoms with Gasteiger partial charge in [-0.15, -0.1) is 24.0 Å². The van der Waals surface area contributed by atoms with Crippen LogP contribution in [0.2, 0.25) is 0 Å². The minimum atomic E-state index is 0. The summed E-state index contributed by atoms with van der Waals surface area (Å²) >= 11 is 3.53. The van der Waals surface area contributed by atoms with E-state index in [-0.39, 0.29) is 29.4 Å². The maximum Gasteiger partial charge on any atom is 0.191 e. The number of aliphatic imine (C=N–C) groups is 1. The molecule has 26 heavy (non-hydrogen) atoms. The van der Waals surface area contributed by atoms with Crippen molar-refractivity contribution in [3.05, 3.63) is 34.3 Å².